The molecule has 3 rings (SSSR count). The summed E-state index contributed by atoms with van der Waals surface area (Å²) < 4.78 is 32.9. The molecule has 178 valence electrons. The van der Waals surface area contributed by atoms with Crippen LogP contribution in [0.3, 0.4) is 0 Å². The Labute approximate surface area is 198 Å². The van der Waals surface area contributed by atoms with Gasteiger partial charge in [0.15, 0.2) is 0 Å². The Bertz CT molecular complexity index is 1260. The number of ether oxygens (including phenoxy) is 1. The van der Waals surface area contributed by atoms with Crippen molar-refractivity contribution in [3.8, 4) is 5.75 Å². The van der Waals surface area contributed by atoms with Crippen LogP contribution in [0.15, 0.2) is 77.7 Å². The lowest BCUT2D eigenvalue weighted by Crippen LogP contribution is -2.30. The second-order valence-electron chi connectivity index (χ2n) is 7.62. The van der Waals surface area contributed by atoms with Crippen molar-refractivity contribution in [3.63, 3.8) is 0 Å². The van der Waals surface area contributed by atoms with Gasteiger partial charge in [-0.3, -0.25) is 4.79 Å². The first kappa shape index (κ1) is 24.7. The van der Waals surface area contributed by atoms with Crippen LogP contribution in [0.4, 0.5) is 21.9 Å². The first-order valence-corrected chi connectivity index (χ1v) is 11.9. The van der Waals surface area contributed by atoms with E-state index >= 15 is 0 Å². The topological polar surface area (TPSA) is 126 Å². The van der Waals surface area contributed by atoms with E-state index in [1.54, 1.807) is 50.2 Å². The molecule has 4 N–H and O–H groups in total. The Morgan fingerprint density at radius 1 is 0.794 bits per heavy atom. The van der Waals surface area contributed by atoms with Crippen LogP contribution < -0.4 is 25.4 Å². The Morgan fingerprint density at radius 3 is 1.91 bits per heavy atom. The number of urea groups is 1. The van der Waals surface area contributed by atoms with Crippen LogP contribution >= 0.6 is 0 Å². The molecule has 34 heavy (non-hydrogen) atoms. The van der Waals surface area contributed by atoms with E-state index in [1.165, 1.54) is 25.3 Å². The Hall–Kier alpha value is -3.89. The molecule has 0 atom stereocenters. The second kappa shape index (κ2) is 10.8. The number of nitrogens with one attached hydrogen (secondary N) is 4. The van der Waals surface area contributed by atoms with Crippen molar-refractivity contribution in [1.82, 2.24) is 4.72 Å². The van der Waals surface area contributed by atoms with Crippen LogP contribution in [-0.4, -0.2) is 33.5 Å². The third kappa shape index (κ3) is 6.56. The van der Waals surface area contributed by atoms with Gasteiger partial charge in [-0.25, -0.2) is 17.9 Å². The van der Waals surface area contributed by atoms with Crippen LogP contribution in [0.2, 0.25) is 0 Å². The lowest BCUT2D eigenvalue weighted by atomic mass is 10.2. The second-order valence-corrected chi connectivity index (χ2v) is 9.30. The molecular weight excluding hydrogens is 456 g/mol. The maximum atomic E-state index is 12.7. The van der Waals surface area contributed by atoms with Crippen molar-refractivity contribution in [2.75, 3.05) is 23.1 Å². The van der Waals surface area contributed by atoms with Crippen LogP contribution in [0.5, 0.6) is 5.75 Å². The largest absolute Gasteiger partial charge is 0.495 e. The summed E-state index contributed by atoms with van der Waals surface area (Å²) in [5.74, 6) is -0.361. The molecule has 0 unspecified atom stereocenters. The van der Waals surface area contributed by atoms with Gasteiger partial charge in [0.1, 0.15) is 10.6 Å². The van der Waals surface area contributed by atoms with Crippen LogP contribution in [0.25, 0.3) is 0 Å². The summed E-state index contributed by atoms with van der Waals surface area (Å²) in [6.07, 6.45) is 0. The monoisotopic (exact) mass is 482 g/mol. The number of amides is 3. The molecule has 0 saturated carbocycles. The van der Waals surface area contributed by atoms with Gasteiger partial charge in [0.05, 0.1) is 7.11 Å². The predicted molar refractivity (Wildman–Crippen MR) is 132 cm³/mol. The van der Waals surface area contributed by atoms with E-state index in [0.29, 0.717) is 17.1 Å². The van der Waals surface area contributed by atoms with Crippen molar-refractivity contribution in [1.29, 1.82) is 0 Å². The third-order valence-corrected chi connectivity index (χ3v) is 6.22. The fourth-order valence-electron chi connectivity index (χ4n) is 3.06. The highest BCUT2D eigenvalue weighted by Gasteiger charge is 2.22. The van der Waals surface area contributed by atoms with Gasteiger partial charge in [0.25, 0.3) is 5.91 Å². The number of carbonyl (C=O) groups excluding carboxylic acids is 2. The quantitative estimate of drug-likeness (QED) is 0.381. The first-order valence-electron chi connectivity index (χ1n) is 10.4. The fraction of sp³-hybridized carbons (Fsp3) is 0.167. The van der Waals surface area contributed by atoms with Gasteiger partial charge < -0.3 is 20.7 Å². The number of hydrogen-bond donors (Lipinski definition) is 4. The summed E-state index contributed by atoms with van der Waals surface area (Å²) in [4.78, 5) is 24.7. The van der Waals surface area contributed by atoms with Gasteiger partial charge in [-0.2, -0.15) is 0 Å². The third-order valence-electron chi connectivity index (χ3n) is 4.54. The Morgan fingerprint density at radius 2 is 1.35 bits per heavy atom. The van der Waals surface area contributed by atoms with Crippen molar-refractivity contribution in [2.45, 2.75) is 24.8 Å². The smallest absolute Gasteiger partial charge is 0.323 e. The molecule has 0 aliphatic rings. The molecule has 0 aliphatic carbocycles. The lowest BCUT2D eigenvalue weighted by Gasteiger charge is -2.14. The molecule has 0 spiro atoms. The standard InChI is InChI=1S/C24H26N4O5S/c1-16(2)28-34(31,32)22-15-17(9-14-21(22)33-3)23(29)25-19-10-12-20(13-11-19)27-24(30)26-18-7-5-4-6-8-18/h4-16,28H,1-3H3,(H,25,29)(H2,26,27,30). The van der Waals surface area contributed by atoms with E-state index in [-0.39, 0.29) is 22.3 Å². The maximum Gasteiger partial charge on any atom is 0.323 e. The zero-order valence-electron chi connectivity index (χ0n) is 19.0. The van der Waals surface area contributed by atoms with Gasteiger partial charge in [-0.15, -0.1) is 0 Å². The van der Waals surface area contributed by atoms with E-state index in [4.69, 9.17) is 4.74 Å². The molecule has 0 heterocycles. The molecule has 0 fully saturated rings. The van der Waals surface area contributed by atoms with Crippen molar-refractivity contribution in [2.24, 2.45) is 0 Å². The molecule has 0 aliphatic heterocycles. The molecular formula is C24H26N4O5S. The van der Waals surface area contributed by atoms with Gasteiger partial charge in [-0.1, -0.05) is 18.2 Å². The number of methoxy groups -OCH3 is 1. The molecule has 9 nitrogen and oxygen atoms in total. The Balaban J connectivity index is 1.68. The summed E-state index contributed by atoms with van der Waals surface area (Å²) in [7, 11) is -2.51. The average Bonchev–Trinajstić information content (AvgIpc) is 2.79. The lowest BCUT2D eigenvalue weighted by molar-refractivity contribution is 0.102. The summed E-state index contributed by atoms with van der Waals surface area (Å²) >= 11 is 0. The van der Waals surface area contributed by atoms with E-state index in [0.717, 1.165) is 0 Å². The summed E-state index contributed by atoms with van der Waals surface area (Å²) in [6, 6.07) is 19.0. The molecule has 0 radical (unpaired) electrons. The van der Waals surface area contributed by atoms with Crippen LogP contribution in [0, 0.1) is 0 Å². The molecule has 3 aromatic rings. The minimum atomic E-state index is -3.87. The van der Waals surface area contributed by atoms with Crippen molar-refractivity contribution >= 4 is 39.0 Å². The van der Waals surface area contributed by atoms with Gasteiger partial charge in [0.2, 0.25) is 10.0 Å². The summed E-state index contributed by atoms with van der Waals surface area (Å²) in [6.45, 7) is 3.40. The van der Waals surface area contributed by atoms with E-state index in [9.17, 15) is 18.0 Å². The zero-order chi connectivity index (χ0) is 24.7. The Kier molecular flexibility index (Phi) is 7.87. The minimum absolute atomic E-state index is 0.125. The van der Waals surface area contributed by atoms with E-state index in [2.05, 4.69) is 20.7 Å². The van der Waals surface area contributed by atoms with Crippen molar-refractivity contribution in [3.05, 3.63) is 78.4 Å². The zero-order valence-corrected chi connectivity index (χ0v) is 19.8. The summed E-state index contributed by atoms with van der Waals surface area (Å²) in [5.41, 5.74) is 1.81. The van der Waals surface area contributed by atoms with Crippen LogP contribution in [0.1, 0.15) is 24.2 Å². The number of anilines is 3. The highest BCUT2D eigenvalue weighted by molar-refractivity contribution is 7.89. The van der Waals surface area contributed by atoms with E-state index in [1.807, 2.05) is 18.2 Å². The highest BCUT2D eigenvalue weighted by atomic mass is 32.2. The average molecular weight is 483 g/mol. The minimum Gasteiger partial charge on any atom is -0.495 e. The number of hydrogen-bond acceptors (Lipinski definition) is 5. The molecule has 0 bridgehead atoms. The molecule has 0 aromatic heterocycles. The van der Waals surface area contributed by atoms with Gasteiger partial charge >= 0.3 is 6.03 Å². The predicted octanol–water partition coefficient (Wildman–Crippen LogP) is 4.28. The molecule has 10 heteroatoms. The first-order chi connectivity index (χ1) is 16.2. The number of benzene rings is 3. The maximum absolute atomic E-state index is 12.7. The SMILES string of the molecule is COc1ccc(C(=O)Nc2ccc(NC(=O)Nc3ccccc3)cc2)cc1S(=O)(=O)NC(C)C. The van der Waals surface area contributed by atoms with Gasteiger partial charge in [-0.05, 0) is 68.4 Å². The number of sulfonamides is 1. The van der Waals surface area contributed by atoms with E-state index < -0.39 is 22.0 Å². The van der Waals surface area contributed by atoms with Gasteiger partial charge in [0, 0.05) is 28.7 Å². The summed E-state index contributed by atoms with van der Waals surface area (Å²) in [5, 5.41) is 8.13. The number of para-hydroxylation sites is 1. The highest BCUT2D eigenvalue weighted by Crippen LogP contribution is 2.26. The van der Waals surface area contributed by atoms with Crippen LogP contribution in [-0.2, 0) is 10.0 Å². The number of carbonyl (C=O) groups is 2. The molecule has 0 saturated heterocycles. The molecule has 3 aromatic carbocycles. The number of rotatable bonds is 8. The van der Waals surface area contributed by atoms with Crippen molar-refractivity contribution < 1.29 is 22.7 Å². The molecule has 3 amide bonds. The normalized spacial score (nSPS) is 11.1. The fourth-order valence-corrected chi connectivity index (χ4v) is 4.50.